The van der Waals surface area contributed by atoms with Gasteiger partial charge in [-0.2, -0.15) is 0 Å². The molecule has 0 spiro atoms. The second-order valence-electron chi connectivity index (χ2n) is 4.13. The standard InChI is InChI=1S/C15H15BrINO/c1-18-15(12-5-3-4-6-14(12)17)11-8-7-10(19-2)9-13(11)16/h3-9,15,18H,1-2H3. The van der Waals surface area contributed by atoms with Crippen LogP contribution in [0.25, 0.3) is 0 Å². The minimum atomic E-state index is 0.161. The van der Waals surface area contributed by atoms with E-state index in [1.54, 1.807) is 7.11 Å². The molecular weight excluding hydrogens is 417 g/mol. The van der Waals surface area contributed by atoms with E-state index in [0.29, 0.717) is 0 Å². The number of rotatable bonds is 4. The van der Waals surface area contributed by atoms with E-state index in [9.17, 15) is 0 Å². The number of ether oxygens (including phenoxy) is 1. The molecule has 19 heavy (non-hydrogen) atoms. The molecule has 0 aliphatic rings. The maximum Gasteiger partial charge on any atom is 0.120 e. The molecule has 0 amide bonds. The Bertz CT molecular complexity index is 574. The zero-order valence-corrected chi connectivity index (χ0v) is 14.5. The van der Waals surface area contributed by atoms with E-state index >= 15 is 0 Å². The third-order valence-corrected chi connectivity index (χ3v) is 4.69. The summed E-state index contributed by atoms with van der Waals surface area (Å²) in [7, 11) is 3.65. The Morgan fingerprint density at radius 1 is 1.16 bits per heavy atom. The lowest BCUT2D eigenvalue weighted by Crippen LogP contribution is -2.19. The third kappa shape index (κ3) is 3.30. The van der Waals surface area contributed by atoms with Gasteiger partial charge in [0, 0.05) is 8.04 Å². The molecule has 0 aliphatic heterocycles. The van der Waals surface area contributed by atoms with E-state index in [2.05, 4.69) is 74.2 Å². The van der Waals surface area contributed by atoms with Crippen LogP contribution in [0, 0.1) is 3.57 Å². The van der Waals surface area contributed by atoms with E-state index < -0.39 is 0 Å². The van der Waals surface area contributed by atoms with Crippen molar-refractivity contribution in [3.63, 3.8) is 0 Å². The number of hydrogen-bond acceptors (Lipinski definition) is 2. The molecule has 0 fully saturated rings. The molecule has 0 aliphatic carbocycles. The topological polar surface area (TPSA) is 21.3 Å². The molecule has 0 radical (unpaired) electrons. The molecule has 0 saturated carbocycles. The van der Waals surface area contributed by atoms with Crippen molar-refractivity contribution < 1.29 is 4.74 Å². The van der Waals surface area contributed by atoms with Crippen molar-refractivity contribution in [3.8, 4) is 5.75 Å². The van der Waals surface area contributed by atoms with Crippen molar-refractivity contribution in [1.82, 2.24) is 5.32 Å². The zero-order valence-electron chi connectivity index (χ0n) is 10.8. The summed E-state index contributed by atoms with van der Waals surface area (Å²) in [6.45, 7) is 0. The summed E-state index contributed by atoms with van der Waals surface area (Å²) in [6.07, 6.45) is 0. The molecule has 2 aromatic rings. The highest BCUT2D eigenvalue weighted by molar-refractivity contribution is 14.1. The Morgan fingerprint density at radius 2 is 1.89 bits per heavy atom. The zero-order chi connectivity index (χ0) is 13.8. The molecule has 0 bridgehead atoms. The Labute approximate surface area is 135 Å². The lowest BCUT2D eigenvalue weighted by Gasteiger charge is -2.20. The molecule has 0 heterocycles. The summed E-state index contributed by atoms with van der Waals surface area (Å²) in [4.78, 5) is 0. The maximum atomic E-state index is 5.24. The van der Waals surface area contributed by atoms with Crippen LogP contribution in [-0.2, 0) is 0 Å². The van der Waals surface area contributed by atoms with Crippen LogP contribution in [0.3, 0.4) is 0 Å². The van der Waals surface area contributed by atoms with Gasteiger partial charge in [0.2, 0.25) is 0 Å². The van der Waals surface area contributed by atoms with E-state index in [0.717, 1.165) is 10.2 Å². The van der Waals surface area contributed by atoms with Crippen LogP contribution >= 0.6 is 38.5 Å². The van der Waals surface area contributed by atoms with Crippen molar-refractivity contribution in [2.24, 2.45) is 0 Å². The van der Waals surface area contributed by atoms with Gasteiger partial charge in [-0.05, 0) is 59.0 Å². The SMILES string of the molecule is CNC(c1ccc(OC)cc1Br)c1ccccc1I. The predicted octanol–water partition coefficient (Wildman–Crippen LogP) is 4.37. The van der Waals surface area contributed by atoms with E-state index in [1.807, 2.05) is 19.2 Å². The van der Waals surface area contributed by atoms with Gasteiger partial charge in [0.15, 0.2) is 0 Å². The van der Waals surface area contributed by atoms with Crippen LogP contribution in [-0.4, -0.2) is 14.2 Å². The van der Waals surface area contributed by atoms with Crippen LogP contribution in [0.2, 0.25) is 0 Å². The molecular formula is C15H15BrINO. The van der Waals surface area contributed by atoms with Crippen molar-refractivity contribution in [2.45, 2.75) is 6.04 Å². The minimum Gasteiger partial charge on any atom is -0.497 e. The minimum absolute atomic E-state index is 0.161. The number of hydrogen-bond donors (Lipinski definition) is 1. The van der Waals surface area contributed by atoms with Crippen molar-refractivity contribution in [2.75, 3.05) is 14.2 Å². The highest BCUT2D eigenvalue weighted by Crippen LogP contribution is 2.32. The van der Waals surface area contributed by atoms with Gasteiger partial charge in [-0.25, -0.2) is 0 Å². The Hall–Kier alpha value is -0.590. The number of methoxy groups -OCH3 is 1. The predicted molar refractivity (Wildman–Crippen MR) is 90.8 cm³/mol. The van der Waals surface area contributed by atoms with E-state index in [4.69, 9.17) is 4.74 Å². The van der Waals surface area contributed by atoms with Crippen molar-refractivity contribution in [1.29, 1.82) is 0 Å². The fourth-order valence-electron chi connectivity index (χ4n) is 2.06. The summed E-state index contributed by atoms with van der Waals surface area (Å²) in [5, 5.41) is 3.38. The van der Waals surface area contributed by atoms with Gasteiger partial charge in [-0.3, -0.25) is 0 Å². The van der Waals surface area contributed by atoms with E-state index in [-0.39, 0.29) is 6.04 Å². The monoisotopic (exact) mass is 431 g/mol. The van der Waals surface area contributed by atoms with Crippen molar-refractivity contribution in [3.05, 3.63) is 61.6 Å². The van der Waals surface area contributed by atoms with Crippen molar-refractivity contribution >= 4 is 38.5 Å². The Kier molecular flexibility index (Phi) is 5.24. The average Bonchev–Trinajstić information content (AvgIpc) is 2.43. The van der Waals surface area contributed by atoms with Gasteiger partial charge >= 0.3 is 0 Å². The summed E-state index contributed by atoms with van der Waals surface area (Å²) < 4.78 is 7.54. The average molecular weight is 432 g/mol. The summed E-state index contributed by atoms with van der Waals surface area (Å²) in [5.41, 5.74) is 2.48. The second-order valence-corrected chi connectivity index (χ2v) is 6.15. The number of nitrogens with one attached hydrogen (secondary N) is 1. The van der Waals surface area contributed by atoms with Crippen LogP contribution in [0.4, 0.5) is 0 Å². The molecule has 2 aromatic carbocycles. The number of benzene rings is 2. The molecule has 1 N–H and O–H groups in total. The smallest absolute Gasteiger partial charge is 0.120 e. The first-order valence-corrected chi connectivity index (χ1v) is 7.79. The quantitative estimate of drug-likeness (QED) is 0.725. The Morgan fingerprint density at radius 3 is 2.47 bits per heavy atom. The van der Waals surface area contributed by atoms with Crippen LogP contribution < -0.4 is 10.1 Å². The van der Waals surface area contributed by atoms with Crippen LogP contribution in [0.15, 0.2) is 46.9 Å². The molecule has 4 heteroatoms. The molecule has 0 aromatic heterocycles. The fraction of sp³-hybridized carbons (Fsp3) is 0.200. The fourth-order valence-corrected chi connectivity index (χ4v) is 3.34. The third-order valence-electron chi connectivity index (χ3n) is 3.02. The van der Waals surface area contributed by atoms with Crippen LogP contribution in [0.1, 0.15) is 17.2 Å². The first-order chi connectivity index (χ1) is 9.17. The first-order valence-electron chi connectivity index (χ1n) is 5.92. The Balaban J connectivity index is 2.46. The van der Waals surface area contributed by atoms with Gasteiger partial charge < -0.3 is 10.1 Å². The van der Waals surface area contributed by atoms with Gasteiger partial charge in [0.05, 0.1) is 13.2 Å². The first kappa shape index (κ1) is 14.8. The van der Waals surface area contributed by atoms with Gasteiger partial charge in [-0.15, -0.1) is 0 Å². The molecule has 2 rings (SSSR count). The lowest BCUT2D eigenvalue weighted by atomic mass is 9.99. The van der Waals surface area contributed by atoms with Crippen LogP contribution in [0.5, 0.6) is 5.75 Å². The normalized spacial score (nSPS) is 12.2. The number of halogens is 2. The molecule has 1 unspecified atom stereocenters. The molecule has 1 atom stereocenters. The summed E-state index contributed by atoms with van der Waals surface area (Å²) in [6, 6.07) is 14.6. The van der Waals surface area contributed by atoms with E-state index in [1.165, 1.54) is 14.7 Å². The second kappa shape index (κ2) is 6.72. The highest BCUT2D eigenvalue weighted by Gasteiger charge is 2.17. The van der Waals surface area contributed by atoms with Gasteiger partial charge in [-0.1, -0.05) is 40.2 Å². The summed E-state index contributed by atoms with van der Waals surface area (Å²) in [5.74, 6) is 0.855. The van der Waals surface area contributed by atoms with Gasteiger partial charge in [0.25, 0.3) is 0 Å². The highest BCUT2D eigenvalue weighted by atomic mass is 127. The van der Waals surface area contributed by atoms with Gasteiger partial charge in [0.1, 0.15) is 5.75 Å². The molecule has 100 valence electrons. The lowest BCUT2D eigenvalue weighted by molar-refractivity contribution is 0.414. The maximum absolute atomic E-state index is 5.24. The largest absolute Gasteiger partial charge is 0.497 e. The summed E-state index contributed by atoms with van der Waals surface area (Å²) >= 11 is 6.00. The molecule has 2 nitrogen and oxygen atoms in total. The molecule has 0 saturated heterocycles.